The number of rotatable bonds is 6. The van der Waals surface area contributed by atoms with Gasteiger partial charge in [-0.25, -0.2) is 9.38 Å². The molecule has 1 aliphatic carbocycles. The molecule has 1 aliphatic rings. The third-order valence-electron chi connectivity index (χ3n) is 4.24. The van der Waals surface area contributed by atoms with Crippen molar-refractivity contribution in [2.24, 2.45) is 4.99 Å². The van der Waals surface area contributed by atoms with Crippen molar-refractivity contribution >= 4 is 17.4 Å². The van der Waals surface area contributed by atoms with Crippen molar-refractivity contribution < 1.29 is 13.9 Å². The Kier molecular flexibility index (Phi) is 5.30. The second-order valence-electron chi connectivity index (χ2n) is 5.61. The van der Waals surface area contributed by atoms with Crippen LogP contribution in [-0.4, -0.2) is 29.4 Å². The summed E-state index contributed by atoms with van der Waals surface area (Å²) in [6, 6.07) is 10.6. The van der Waals surface area contributed by atoms with Gasteiger partial charge in [0.15, 0.2) is 11.6 Å². The zero-order chi connectivity index (χ0) is 16.9. The number of thiocarbonyl (C=S) groups is 1. The first-order chi connectivity index (χ1) is 11.7. The first-order valence-corrected chi connectivity index (χ1v) is 8.05. The molecular weight excluding hydrogens is 327 g/mol. The molecule has 0 spiro atoms. The molecule has 3 rings (SSSR count). The standard InChI is InChI=1S/C18H17FN2O2S/c1-22-16-6-5-12(8-14(16)19)18-15(21-11-24)9-17(18)23-10-13-4-2-3-7-20-13/h2-8,15,17-18H,9-10H2,1H3/t15-,17-,18-/m0/s1. The van der Waals surface area contributed by atoms with Crippen LogP contribution in [0.25, 0.3) is 0 Å². The van der Waals surface area contributed by atoms with Crippen molar-refractivity contribution in [2.45, 2.75) is 31.1 Å². The maximum atomic E-state index is 14.0. The SMILES string of the molecule is COc1ccc([C@H]2[C@@H](N=C=S)C[C@@H]2OCc2ccccn2)cc1F. The van der Waals surface area contributed by atoms with E-state index in [9.17, 15) is 4.39 Å². The van der Waals surface area contributed by atoms with Crippen molar-refractivity contribution in [3.05, 3.63) is 59.7 Å². The van der Waals surface area contributed by atoms with E-state index in [0.29, 0.717) is 6.61 Å². The normalized spacial score (nSPS) is 22.3. The summed E-state index contributed by atoms with van der Waals surface area (Å²) in [6.45, 7) is 0.411. The molecule has 1 aromatic carbocycles. The Morgan fingerprint density at radius 2 is 2.25 bits per heavy atom. The van der Waals surface area contributed by atoms with Crippen LogP contribution in [0.4, 0.5) is 4.39 Å². The lowest BCUT2D eigenvalue weighted by Crippen LogP contribution is -2.44. The molecule has 0 amide bonds. The molecule has 124 valence electrons. The van der Waals surface area contributed by atoms with Gasteiger partial charge in [0.05, 0.1) is 36.7 Å². The minimum atomic E-state index is -0.393. The maximum absolute atomic E-state index is 14.0. The lowest BCUT2D eigenvalue weighted by molar-refractivity contribution is -0.0391. The number of hydrogen-bond acceptors (Lipinski definition) is 5. The summed E-state index contributed by atoms with van der Waals surface area (Å²) in [7, 11) is 1.44. The lowest BCUT2D eigenvalue weighted by atomic mass is 9.72. The van der Waals surface area contributed by atoms with Crippen LogP contribution >= 0.6 is 12.2 Å². The number of aromatic nitrogens is 1. The molecule has 0 aliphatic heterocycles. The van der Waals surface area contributed by atoms with Gasteiger partial charge in [0.25, 0.3) is 0 Å². The average molecular weight is 344 g/mol. The van der Waals surface area contributed by atoms with Crippen molar-refractivity contribution in [3.63, 3.8) is 0 Å². The summed E-state index contributed by atoms with van der Waals surface area (Å²) < 4.78 is 25.0. The Morgan fingerprint density at radius 1 is 1.38 bits per heavy atom. The van der Waals surface area contributed by atoms with Gasteiger partial charge in [0, 0.05) is 12.1 Å². The number of ether oxygens (including phenoxy) is 2. The molecule has 0 bridgehead atoms. The van der Waals surface area contributed by atoms with E-state index >= 15 is 0 Å². The van der Waals surface area contributed by atoms with Gasteiger partial charge < -0.3 is 9.47 Å². The number of nitrogens with zero attached hydrogens (tertiary/aromatic N) is 2. The molecule has 1 saturated carbocycles. The second kappa shape index (κ2) is 7.62. The third-order valence-corrected chi connectivity index (χ3v) is 4.35. The maximum Gasteiger partial charge on any atom is 0.165 e. The van der Waals surface area contributed by atoms with E-state index in [1.165, 1.54) is 13.2 Å². The molecule has 1 fully saturated rings. The van der Waals surface area contributed by atoms with Crippen LogP contribution in [0, 0.1) is 5.82 Å². The van der Waals surface area contributed by atoms with E-state index in [2.05, 4.69) is 15.1 Å². The smallest absolute Gasteiger partial charge is 0.165 e. The number of pyridine rings is 1. The number of halogens is 1. The Morgan fingerprint density at radius 3 is 2.92 bits per heavy atom. The number of isothiocyanates is 1. The van der Waals surface area contributed by atoms with E-state index in [-0.39, 0.29) is 23.8 Å². The molecule has 3 atom stereocenters. The predicted molar refractivity (Wildman–Crippen MR) is 91.9 cm³/mol. The van der Waals surface area contributed by atoms with E-state index in [4.69, 9.17) is 21.7 Å². The first-order valence-electron chi connectivity index (χ1n) is 7.65. The Hall–Kier alpha value is -2.14. The van der Waals surface area contributed by atoms with Crippen LogP contribution in [0.5, 0.6) is 5.75 Å². The van der Waals surface area contributed by atoms with Crippen molar-refractivity contribution in [1.82, 2.24) is 4.98 Å². The van der Waals surface area contributed by atoms with Crippen molar-refractivity contribution in [2.75, 3.05) is 7.11 Å². The monoisotopic (exact) mass is 344 g/mol. The topological polar surface area (TPSA) is 43.7 Å². The molecule has 4 nitrogen and oxygen atoms in total. The van der Waals surface area contributed by atoms with Crippen LogP contribution in [0.1, 0.15) is 23.6 Å². The third kappa shape index (κ3) is 3.51. The second-order valence-corrected chi connectivity index (χ2v) is 5.80. The largest absolute Gasteiger partial charge is 0.494 e. The molecular formula is C18H17FN2O2S. The lowest BCUT2D eigenvalue weighted by Gasteiger charge is -2.41. The van der Waals surface area contributed by atoms with E-state index in [0.717, 1.165) is 17.7 Å². The van der Waals surface area contributed by atoms with Gasteiger partial charge >= 0.3 is 0 Å². The van der Waals surface area contributed by atoms with Gasteiger partial charge in [-0.2, -0.15) is 0 Å². The molecule has 0 unspecified atom stereocenters. The summed E-state index contributed by atoms with van der Waals surface area (Å²) in [5.41, 5.74) is 1.68. The molecule has 1 aromatic heterocycles. The molecule has 2 aromatic rings. The summed E-state index contributed by atoms with van der Waals surface area (Å²) in [4.78, 5) is 8.43. The predicted octanol–water partition coefficient (Wildman–Crippen LogP) is 3.77. The van der Waals surface area contributed by atoms with Crippen LogP contribution < -0.4 is 4.74 Å². The highest BCUT2D eigenvalue weighted by atomic mass is 32.1. The first kappa shape index (κ1) is 16.7. The summed E-state index contributed by atoms with van der Waals surface area (Å²) in [6.07, 6.45) is 2.40. The highest BCUT2D eigenvalue weighted by molar-refractivity contribution is 7.78. The van der Waals surface area contributed by atoms with Gasteiger partial charge in [-0.1, -0.05) is 12.1 Å². The van der Waals surface area contributed by atoms with Gasteiger partial charge in [-0.15, -0.1) is 0 Å². The number of benzene rings is 1. The number of hydrogen-bond donors (Lipinski definition) is 0. The molecule has 0 saturated heterocycles. The fourth-order valence-corrected chi connectivity index (χ4v) is 3.09. The molecule has 1 heterocycles. The van der Waals surface area contributed by atoms with Gasteiger partial charge in [0.2, 0.25) is 0 Å². The summed E-state index contributed by atoms with van der Waals surface area (Å²) in [5, 5.41) is 2.42. The fourth-order valence-electron chi connectivity index (χ4n) is 2.96. The highest BCUT2D eigenvalue weighted by Crippen LogP contribution is 2.42. The minimum absolute atomic E-state index is 0.0379. The van der Waals surface area contributed by atoms with Crippen molar-refractivity contribution in [3.8, 4) is 5.75 Å². The number of aliphatic imine (C=N–C) groups is 1. The Labute approximate surface area is 145 Å². The van der Waals surface area contributed by atoms with Crippen molar-refractivity contribution in [1.29, 1.82) is 0 Å². The molecule has 0 radical (unpaired) electrons. The summed E-state index contributed by atoms with van der Waals surface area (Å²) in [5.74, 6) is -0.223. The fraction of sp³-hybridized carbons (Fsp3) is 0.333. The zero-order valence-electron chi connectivity index (χ0n) is 13.2. The molecule has 0 N–H and O–H groups in total. The van der Waals surface area contributed by atoms with Crippen LogP contribution in [0.3, 0.4) is 0 Å². The minimum Gasteiger partial charge on any atom is -0.494 e. The van der Waals surface area contributed by atoms with E-state index in [1.54, 1.807) is 12.3 Å². The molecule has 6 heteroatoms. The van der Waals surface area contributed by atoms with Gasteiger partial charge in [-0.3, -0.25) is 4.98 Å². The van der Waals surface area contributed by atoms with Crippen LogP contribution in [0.15, 0.2) is 47.6 Å². The van der Waals surface area contributed by atoms with Crippen LogP contribution in [0.2, 0.25) is 0 Å². The zero-order valence-corrected chi connectivity index (χ0v) is 14.0. The van der Waals surface area contributed by atoms with Gasteiger partial charge in [0.1, 0.15) is 0 Å². The quantitative estimate of drug-likeness (QED) is 0.591. The van der Waals surface area contributed by atoms with E-state index < -0.39 is 5.82 Å². The van der Waals surface area contributed by atoms with Gasteiger partial charge in [-0.05, 0) is 48.5 Å². The highest BCUT2D eigenvalue weighted by Gasteiger charge is 2.43. The van der Waals surface area contributed by atoms with E-state index in [1.807, 2.05) is 24.3 Å². The number of methoxy groups -OCH3 is 1. The van der Waals surface area contributed by atoms with Crippen LogP contribution in [-0.2, 0) is 11.3 Å². The molecule has 24 heavy (non-hydrogen) atoms. The Balaban J connectivity index is 1.75. The average Bonchev–Trinajstić information content (AvgIpc) is 2.58. The Bertz CT molecular complexity index is 750. The summed E-state index contributed by atoms with van der Waals surface area (Å²) >= 11 is 4.71.